The lowest BCUT2D eigenvalue weighted by Gasteiger charge is -2.09. The van der Waals surface area contributed by atoms with Crippen molar-refractivity contribution in [2.75, 3.05) is 17.1 Å². The largest absolute Gasteiger partial charge is 0.481 e. The number of rotatable bonds is 8. The van der Waals surface area contributed by atoms with Gasteiger partial charge in [0.2, 0.25) is 5.88 Å². The van der Waals surface area contributed by atoms with Crippen LogP contribution in [0.5, 0.6) is 5.88 Å². The van der Waals surface area contributed by atoms with Gasteiger partial charge in [0.15, 0.2) is 0 Å². The van der Waals surface area contributed by atoms with Crippen molar-refractivity contribution in [3.8, 4) is 5.88 Å². The normalized spacial score (nSPS) is 10.8. The van der Waals surface area contributed by atoms with Crippen LogP contribution in [0.2, 0.25) is 0 Å². The molecule has 0 spiro atoms. The first kappa shape index (κ1) is 23.0. The number of aromatic nitrogens is 2. The number of anilines is 2. The molecule has 0 fully saturated rings. The van der Waals surface area contributed by atoms with Gasteiger partial charge in [-0.1, -0.05) is 0 Å². The molecule has 0 saturated heterocycles. The third kappa shape index (κ3) is 5.34. The molecule has 1 heterocycles. The van der Waals surface area contributed by atoms with Crippen molar-refractivity contribution < 1.29 is 27.8 Å². The number of sulfonamides is 1. The third-order valence-corrected chi connectivity index (χ3v) is 5.52. The average Bonchev–Trinajstić information content (AvgIpc) is 2.78. The van der Waals surface area contributed by atoms with Gasteiger partial charge >= 0.3 is 0 Å². The summed E-state index contributed by atoms with van der Waals surface area (Å²) in [7, 11) is -2.67. The van der Waals surface area contributed by atoms with Gasteiger partial charge in [-0.05, 0) is 30.3 Å². The molecule has 0 unspecified atom stereocenters. The Balaban J connectivity index is 1.78. The van der Waals surface area contributed by atoms with Gasteiger partial charge in [0, 0.05) is 17.8 Å². The van der Waals surface area contributed by atoms with Crippen LogP contribution in [0.4, 0.5) is 22.9 Å². The predicted octanol–water partition coefficient (Wildman–Crippen LogP) is 2.35. The van der Waals surface area contributed by atoms with E-state index in [2.05, 4.69) is 20.0 Å². The molecule has 1 aromatic heterocycles. The minimum absolute atomic E-state index is 0.0234. The summed E-state index contributed by atoms with van der Waals surface area (Å²) in [6.07, 6.45) is 1.12. The lowest BCUT2D eigenvalue weighted by molar-refractivity contribution is -0.394. The van der Waals surface area contributed by atoms with Crippen LogP contribution >= 0.6 is 0 Å². The van der Waals surface area contributed by atoms with E-state index in [-0.39, 0.29) is 22.3 Å². The fourth-order valence-electron chi connectivity index (χ4n) is 2.60. The zero-order chi connectivity index (χ0) is 24.2. The molecule has 2 aromatic carbocycles. The molecule has 0 saturated carbocycles. The molecule has 0 aliphatic heterocycles. The number of nitrogens with zero attached hydrogens (tertiary/aromatic N) is 4. The fourth-order valence-corrected chi connectivity index (χ4v) is 3.60. The van der Waals surface area contributed by atoms with Crippen LogP contribution in [0.1, 0.15) is 10.4 Å². The molecule has 15 heteroatoms. The number of nitro benzene ring substituents is 2. The first-order valence-electron chi connectivity index (χ1n) is 8.84. The van der Waals surface area contributed by atoms with Crippen LogP contribution in [0.25, 0.3) is 0 Å². The number of methoxy groups -OCH3 is 1. The molecule has 1 amide bonds. The van der Waals surface area contributed by atoms with Crippen LogP contribution in [0.15, 0.2) is 59.8 Å². The van der Waals surface area contributed by atoms with Gasteiger partial charge in [-0.15, -0.1) is 0 Å². The number of carbonyl (C=O) groups is 1. The van der Waals surface area contributed by atoms with Gasteiger partial charge < -0.3 is 10.1 Å². The molecule has 0 aliphatic carbocycles. The highest BCUT2D eigenvalue weighted by molar-refractivity contribution is 7.92. The van der Waals surface area contributed by atoms with E-state index in [1.54, 1.807) is 0 Å². The van der Waals surface area contributed by atoms with Crippen molar-refractivity contribution in [1.29, 1.82) is 0 Å². The van der Waals surface area contributed by atoms with E-state index in [1.165, 1.54) is 37.4 Å². The van der Waals surface area contributed by atoms with E-state index >= 15 is 0 Å². The van der Waals surface area contributed by atoms with Crippen LogP contribution in [-0.2, 0) is 10.0 Å². The molecule has 14 nitrogen and oxygen atoms in total. The van der Waals surface area contributed by atoms with Crippen molar-refractivity contribution in [1.82, 2.24) is 9.97 Å². The topological polar surface area (TPSA) is 197 Å². The van der Waals surface area contributed by atoms with Crippen LogP contribution < -0.4 is 14.8 Å². The second-order valence-corrected chi connectivity index (χ2v) is 7.93. The Kier molecular flexibility index (Phi) is 6.43. The summed E-state index contributed by atoms with van der Waals surface area (Å²) in [4.78, 5) is 40.2. The van der Waals surface area contributed by atoms with Gasteiger partial charge in [-0.2, -0.15) is 0 Å². The second kappa shape index (κ2) is 9.23. The summed E-state index contributed by atoms with van der Waals surface area (Å²) < 4.78 is 32.2. The SMILES string of the molecule is COc1cc(NS(=O)(=O)c2ccc(NC(=O)c3ccc([N+](=O)[O-])cc3[N+](=O)[O-])cc2)ncn1. The highest BCUT2D eigenvalue weighted by atomic mass is 32.2. The predicted molar refractivity (Wildman–Crippen MR) is 114 cm³/mol. The molecule has 170 valence electrons. The zero-order valence-electron chi connectivity index (χ0n) is 16.7. The quantitative estimate of drug-likeness (QED) is 0.361. The first-order valence-corrected chi connectivity index (χ1v) is 10.3. The van der Waals surface area contributed by atoms with Gasteiger partial charge in [-0.25, -0.2) is 18.4 Å². The van der Waals surface area contributed by atoms with E-state index in [4.69, 9.17) is 4.74 Å². The minimum Gasteiger partial charge on any atom is -0.481 e. The van der Waals surface area contributed by atoms with Crippen molar-refractivity contribution in [3.05, 3.63) is 80.7 Å². The Morgan fingerprint density at radius 2 is 1.70 bits per heavy atom. The lowest BCUT2D eigenvalue weighted by Crippen LogP contribution is -2.15. The van der Waals surface area contributed by atoms with Gasteiger partial charge in [-0.3, -0.25) is 29.7 Å². The lowest BCUT2D eigenvalue weighted by atomic mass is 10.1. The van der Waals surface area contributed by atoms with Gasteiger partial charge in [0.05, 0.1) is 27.9 Å². The number of nitro groups is 2. The summed E-state index contributed by atoms with van der Waals surface area (Å²) in [5.41, 5.74) is -1.55. The Labute approximate surface area is 185 Å². The molecular weight excluding hydrogens is 460 g/mol. The number of benzene rings is 2. The highest BCUT2D eigenvalue weighted by Crippen LogP contribution is 2.26. The van der Waals surface area contributed by atoms with E-state index in [9.17, 15) is 33.4 Å². The smallest absolute Gasteiger partial charge is 0.289 e. The van der Waals surface area contributed by atoms with Crippen LogP contribution in [0, 0.1) is 20.2 Å². The summed E-state index contributed by atoms with van der Waals surface area (Å²) in [6, 6.07) is 8.81. The monoisotopic (exact) mass is 474 g/mol. The van der Waals surface area contributed by atoms with E-state index in [1.807, 2.05) is 0 Å². The average molecular weight is 474 g/mol. The first-order chi connectivity index (χ1) is 15.6. The molecule has 0 bridgehead atoms. The maximum absolute atomic E-state index is 12.5. The van der Waals surface area contributed by atoms with Crippen LogP contribution in [-0.4, -0.2) is 41.2 Å². The van der Waals surface area contributed by atoms with Gasteiger partial charge in [0.25, 0.3) is 27.3 Å². The molecule has 0 atom stereocenters. The summed E-state index contributed by atoms with van der Waals surface area (Å²) >= 11 is 0. The maximum atomic E-state index is 12.5. The van der Waals surface area contributed by atoms with Crippen molar-refractivity contribution >= 4 is 38.8 Å². The highest BCUT2D eigenvalue weighted by Gasteiger charge is 2.24. The molecule has 3 rings (SSSR count). The number of hydrogen-bond donors (Lipinski definition) is 2. The summed E-state index contributed by atoms with van der Waals surface area (Å²) in [6.45, 7) is 0. The number of nitrogens with one attached hydrogen (secondary N) is 2. The Bertz CT molecular complexity index is 1340. The third-order valence-electron chi connectivity index (χ3n) is 4.15. The molecule has 3 aromatic rings. The van der Waals surface area contributed by atoms with E-state index in [0.717, 1.165) is 18.5 Å². The molecular formula is C18H14N6O8S. The van der Waals surface area contributed by atoms with Gasteiger partial charge in [0.1, 0.15) is 17.7 Å². The summed E-state index contributed by atoms with van der Waals surface area (Å²) in [5.74, 6) is -0.774. The molecule has 33 heavy (non-hydrogen) atoms. The number of carbonyl (C=O) groups excluding carboxylic acids is 1. The maximum Gasteiger partial charge on any atom is 0.289 e. The van der Waals surface area contributed by atoms with E-state index in [0.29, 0.717) is 6.07 Å². The van der Waals surface area contributed by atoms with E-state index < -0.39 is 42.7 Å². The minimum atomic E-state index is -4.03. The zero-order valence-corrected chi connectivity index (χ0v) is 17.5. The number of amides is 1. The Morgan fingerprint density at radius 3 is 2.30 bits per heavy atom. The van der Waals surface area contributed by atoms with Crippen molar-refractivity contribution in [2.45, 2.75) is 4.90 Å². The number of ether oxygens (including phenoxy) is 1. The molecule has 0 radical (unpaired) electrons. The van der Waals surface area contributed by atoms with Crippen molar-refractivity contribution in [3.63, 3.8) is 0 Å². The molecule has 0 aliphatic rings. The Hall–Kier alpha value is -4.66. The second-order valence-electron chi connectivity index (χ2n) is 6.25. The van der Waals surface area contributed by atoms with Crippen LogP contribution in [0.3, 0.4) is 0 Å². The molecule has 2 N–H and O–H groups in total. The number of hydrogen-bond acceptors (Lipinski definition) is 10. The van der Waals surface area contributed by atoms with Crippen molar-refractivity contribution in [2.24, 2.45) is 0 Å². The summed E-state index contributed by atoms with van der Waals surface area (Å²) in [5, 5.41) is 24.4. The standard InChI is InChI=1S/C18H14N6O8S/c1-32-17-9-16(19-10-20-17)22-33(30,31)13-5-2-11(3-6-13)21-18(25)14-7-4-12(23(26)27)8-15(14)24(28)29/h2-10H,1H3,(H,21,25)(H,19,20,22). The fraction of sp³-hybridized carbons (Fsp3) is 0.0556. The number of non-ortho nitro benzene ring substituents is 1. The Morgan fingerprint density at radius 1 is 1.00 bits per heavy atom.